The topological polar surface area (TPSA) is 67.4 Å². The molecule has 5 rings (SSSR count). The van der Waals surface area contributed by atoms with Gasteiger partial charge in [-0.2, -0.15) is 5.10 Å². The Kier molecular flexibility index (Phi) is 4.83. The molecule has 0 saturated carbocycles. The van der Waals surface area contributed by atoms with Crippen LogP contribution in [0.5, 0.6) is 0 Å². The van der Waals surface area contributed by atoms with E-state index in [2.05, 4.69) is 21.2 Å². The summed E-state index contributed by atoms with van der Waals surface area (Å²) in [6.07, 6.45) is 5.94. The van der Waals surface area contributed by atoms with Crippen LogP contribution in [0.1, 0.15) is 46.9 Å². The first-order chi connectivity index (χ1) is 14.2. The van der Waals surface area contributed by atoms with Crippen LogP contribution in [-0.4, -0.2) is 63.4 Å². The number of nitrogens with zero attached hydrogens (tertiary/aromatic N) is 5. The minimum atomic E-state index is 0.126. The molecule has 1 saturated heterocycles. The zero-order valence-electron chi connectivity index (χ0n) is 16.9. The third-order valence-electron chi connectivity index (χ3n) is 6.44. The number of para-hydroxylation sites is 1. The maximum absolute atomic E-state index is 13.0. The van der Waals surface area contributed by atoms with Crippen LogP contribution in [0.2, 0.25) is 0 Å². The van der Waals surface area contributed by atoms with Gasteiger partial charge in [0.05, 0.1) is 11.9 Å². The zero-order valence-corrected chi connectivity index (χ0v) is 16.9. The largest absolute Gasteiger partial charge is 0.356 e. The molecule has 1 aromatic carbocycles. The van der Waals surface area contributed by atoms with Gasteiger partial charge < -0.3 is 14.3 Å². The molecule has 0 radical (unpaired) electrons. The molecule has 152 valence electrons. The molecule has 0 aliphatic carbocycles. The molecule has 7 nitrogen and oxygen atoms in total. The van der Waals surface area contributed by atoms with E-state index in [0.29, 0.717) is 5.92 Å². The van der Waals surface area contributed by atoms with Crippen LogP contribution in [-0.2, 0) is 13.5 Å². The molecular weight excluding hydrogens is 366 g/mol. The monoisotopic (exact) mass is 393 g/mol. The number of aromatic nitrogens is 3. The number of likely N-dealkylation sites (tertiary alicyclic amines) is 1. The maximum atomic E-state index is 13.0. The quantitative estimate of drug-likeness (QED) is 0.682. The molecule has 2 aliphatic heterocycles. The van der Waals surface area contributed by atoms with Crippen molar-refractivity contribution in [1.82, 2.24) is 24.7 Å². The number of benzene rings is 1. The van der Waals surface area contributed by atoms with Crippen LogP contribution in [0.3, 0.4) is 0 Å². The SMILES string of the molecule is Cn1ncc2c1C(=O)N(CCN1CCC(c3noc4ccccc34)CC1)CCC2. The Morgan fingerprint density at radius 3 is 2.83 bits per heavy atom. The van der Waals surface area contributed by atoms with Crippen molar-refractivity contribution in [1.29, 1.82) is 0 Å². The fourth-order valence-electron chi connectivity index (χ4n) is 4.76. The van der Waals surface area contributed by atoms with Gasteiger partial charge in [0.2, 0.25) is 0 Å². The molecule has 2 aromatic heterocycles. The third kappa shape index (κ3) is 3.44. The summed E-state index contributed by atoms with van der Waals surface area (Å²) in [5.74, 6) is 0.577. The number of hydrogen-bond donors (Lipinski definition) is 0. The number of hydrogen-bond acceptors (Lipinski definition) is 5. The van der Waals surface area contributed by atoms with Crippen molar-refractivity contribution >= 4 is 16.9 Å². The lowest BCUT2D eigenvalue weighted by molar-refractivity contribution is 0.0721. The highest BCUT2D eigenvalue weighted by molar-refractivity contribution is 5.94. The van der Waals surface area contributed by atoms with E-state index in [9.17, 15) is 4.79 Å². The molecule has 7 heteroatoms. The Labute approximate surface area is 170 Å². The van der Waals surface area contributed by atoms with E-state index in [1.54, 1.807) is 4.68 Å². The van der Waals surface area contributed by atoms with Crippen molar-refractivity contribution in [2.24, 2.45) is 7.05 Å². The molecule has 2 aliphatic rings. The van der Waals surface area contributed by atoms with E-state index in [1.165, 1.54) is 0 Å². The van der Waals surface area contributed by atoms with Gasteiger partial charge >= 0.3 is 0 Å². The molecule has 1 fully saturated rings. The number of amides is 1. The van der Waals surface area contributed by atoms with Crippen molar-refractivity contribution in [3.05, 3.63) is 47.4 Å². The second-order valence-corrected chi connectivity index (χ2v) is 8.22. The third-order valence-corrected chi connectivity index (χ3v) is 6.44. The second-order valence-electron chi connectivity index (χ2n) is 8.22. The van der Waals surface area contributed by atoms with Crippen LogP contribution < -0.4 is 0 Å². The Morgan fingerprint density at radius 2 is 1.97 bits per heavy atom. The first kappa shape index (κ1) is 18.4. The van der Waals surface area contributed by atoms with Gasteiger partial charge in [-0.05, 0) is 50.9 Å². The van der Waals surface area contributed by atoms with Crippen molar-refractivity contribution in [2.45, 2.75) is 31.6 Å². The van der Waals surface area contributed by atoms with E-state index < -0.39 is 0 Å². The number of piperidine rings is 1. The summed E-state index contributed by atoms with van der Waals surface area (Å²) in [5.41, 5.74) is 3.82. The van der Waals surface area contributed by atoms with Crippen LogP contribution in [0, 0.1) is 0 Å². The van der Waals surface area contributed by atoms with Crippen molar-refractivity contribution in [3.63, 3.8) is 0 Å². The molecule has 0 N–H and O–H groups in total. The van der Waals surface area contributed by atoms with Crippen LogP contribution >= 0.6 is 0 Å². The van der Waals surface area contributed by atoms with Gasteiger partial charge in [-0.15, -0.1) is 0 Å². The lowest BCUT2D eigenvalue weighted by atomic mass is 9.91. The molecule has 0 spiro atoms. The van der Waals surface area contributed by atoms with E-state index in [0.717, 1.165) is 86.3 Å². The minimum Gasteiger partial charge on any atom is -0.356 e. The van der Waals surface area contributed by atoms with Gasteiger partial charge in [0.15, 0.2) is 5.58 Å². The average molecular weight is 393 g/mol. The molecule has 29 heavy (non-hydrogen) atoms. The van der Waals surface area contributed by atoms with Gasteiger partial charge in [-0.3, -0.25) is 9.48 Å². The fraction of sp³-hybridized carbons (Fsp3) is 0.500. The number of fused-ring (bicyclic) bond motifs is 2. The summed E-state index contributed by atoms with van der Waals surface area (Å²) in [6, 6.07) is 8.11. The first-order valence-corrected chi connectivity index (χ1v) is 10.6. The summed E-state index contributed by atoms with van der Waals surface area (Å²) in [5, 5.41) is 9.77. The summed E-state index contributed by atoms with van der Waals surface area (Å²) in [7, 11) is 1.86. The maximum Gasteiger partial charge on any atom is 0.272 e. The minimum absolute atomic E-state index is 0.126. The molecular formula is C22H27N5O2. The molecule has 4 heterocycles. The van der Waals surface area contributed by atoms with E-state index >= 15 is 0 Å². The molecule has 1 amide bonds. The van der Waals surface area contributed by atoms with Gasteiger partial charge in [0, 0.05) is 43.5 Å². The Balaban J connectivity index is 1.18. The van der Waals surface area contributed by atoms with Gasteiger partial charge in [0.25, 0.3) is 5.91 Å². The Morgan fingerprint density at radius 1 is 1.14 bits per heavy atom. The summed E-state index contributed by atoms with van der Waals surface area (Å²) < 4.78 is 7.22. The van der Waals surface area contributed by atoms with Crippen LogP contribution in [0.4, 0.5) is 0 Å². The van der Waals surface area contributed by atoms with Gasteiger partial charge in [-0.25, -0.2) is 0 Å². The van der Waals surface area contributed by atoms with Crippen LogP contribution in [0.25, 0.3) is 11.0 Å². The van der Waals surface area contributed by atoms with Gasteiger partial charge in [0.1, 0.15) is 5.69 Å². The normalized spacial score (nSPS) is 18.9. The highest BCUT2D eigenvalue weighted by Gasteiger charge is 2.28. The standard InChI is InChI=1S/C22H27N5O2/c1-25-21-17(15-23-25)5-4-10-27(22(21)28)14-13-26-11-8-16(9-12-26)20-18-6-2-3-7-19(18)29-24-20/h2-3,6-7,15-16H,4-5,8-14H2,1H3. The second kappa shape index (κ2) is 7.63. The number of carbonyl (C=O) groups is 1. The zero-order chi connectivity index (χ0) is 19.8. The van der Waals surface area contributed by atoms with Crippen LogP contribution in [0.15, 0.2) is 35.0 Å². The Hall–Kier alpha value is -2.67. The van der Waals surface area contributed by atoms with E-state index in [1.807, 2.05) is 36.3 Å². The lowest BCUT2D eigenvalue weighted by Gasteiger charge is -2.33. The fourth-order valence-corrected chi connectivity index (χ4v) is 4.76. The lowest BCUT2D eigenvalue weighted by Crippen LogP contribution is -2.42. The number of aryl methyl sites for hydroxylation is 2. The Bertz CT molecular complexity index is 1020. The number of rotatable bonds is 4. The van der Waals surface area contributed by atoms with Crippen molar-refractivity contribution < 1.29 is 9.32 Å². The summed E-state index contributed by atoms with van der Waals surface area (Å²) in [4.78, 5) is 17.4. The predicted octanol–water partition coefficient (Wildman–Crippen LogP) is 2.83. The molecule has 0 atom stereocenters. The molecule has 0 unspecified atom stereocenters. The van der Waals surface area contributed by atoms with Gasteiger partial charge in [-0.1, -0.05) is 17.3 Å². The highest BCUT2D eigenvalue weighted by atomic mass is 16.5. The van der Waals surface area contributed by atoms with E-state index in [4.69, 9.17) is 4.52 Å². The number of carbonyl (C=O) groups excluding carboxylic acids is 1. The molecule has 0 bridgehead atoms. The smallest absolute Gasteiger partial charge is 0.272 e. The molecule has 3 aromatic rings. The summed E-state index contributed by atoms with van der Waals surface area (Å²) >= 11 is 0. The summed E-state index contributed by atoms with van der Waals surface area (Å²) in [6.45, 7) is 4.59. The first-order valence-electron chi connectivity index (χ1n) is 10.6. The van der Waals surface area contributed by atoms with E-state index in [-0.39, 0.29) is 5.91 Å². The average Bonchev–Trinajstić information content (AvgIpc) is 3.29. The predicted molar refractivity (Wildman–Crippen MR) is 110 cm³/mol. The highest BCUT2D eigenvalue weighted by Crippen LogP contribution is 2.32. The van der Waals surface area contributed by atoms with Crippen molar-refractivity contribution in [2.75, 3.05) is 32.7 Å². The van der Waals surface area contributed by atoms with Crippen molar-refractivity contribution in [3.8, 4) is 0 Å².